The normalized spacial score (nSPS) is 24.7. The van der Waals surface area contributed by atoms with E-state index in [1.807, 2.05) is 6.08 Å². The zero-order valence-electron chi connectivity index (χ0n) is 5.14. The zero-order valence-corrected chi connectivity index (χ0v) is 5.14. The van der Waals surface area contributed by atoms with Crippen LogP contribution in [0.5, 0.6) is 0 Å². The average molecular weight is 124 g/mol. The molecular formula is C9H16. The van der Waals surface area contributed by atoms with Crippen molar-refractivity contribution in [1.29, 1.82) is 0 Å². The van der Waals surface area contributed by atoms with Crippen LogP contribution in [0.4, 0.5) is 0 Å². The van der Waals surface area contributed by atoms with Gasteiger partial charge in [-0.15, -0.1) is 6.58 Å². The Balaban J connectivity index is 0.000000640. The first kappa shape index (κ1) is 8.48. The van der Waals surface area contributed by atoms with Gasteiger partial charge in [-0.25, -0.2) is 0 Å². The van der Waals surface area contributed by atoms with Crippen molar-refractivity contribution in [3.8, 4) is 0 Å². The van der Waals surface area contributed by atoms with Gasteiger partial charge in [0.25, 0.3) is 0 Å². The van der Waals surface area contributed by atoms with Crippen LogP contribution >= 0.6 is 0 Å². The van der Waals surface area contributed by atoms with E-state index in [1.165, 1.54) is 19.3 Å². The minimum absolute atomic E-state index is 0. The molecule has 0 nitrogen and oxygen atoms in total. The Morgan fingerprint density at radius 2 is 2.33 bits per heavy atom. The summed E-state index contributed by atoms with van der Waals surface area (Å²) in [4.78, 5) is 0. The maximum atomic E-state index is 3.73. The second kappa shape index (κ2) is 4.37. The highest BCUT2D eigenvalue weighted by Gasteiger charge is 2.01. The monoisotopic (exact) mass is 124 g/mol. The fraction of sp³-hybridized carbons (Fsp3) is 0.556. The largest absolute Gasteiger partial charge is 0.102 e. The van der Waals surface area contributed by atoms with Gasteiger partial charge in [0.15, 0.2) is 0 Å². The quantitative estimate of drug-likeness (QED) is 0.471. The lowest BCUT2D eigenvalue weighted by Crippen LogP contribution is -1.94. The SMILES string of the molecule is C.C=CC1C=CCCC1. The topological polar surface area (TPSA) is 0 Å². The molecule has 52 valence electrons. The molecule has 0 saturated heterocycles. The summed E-state index contributed by atoms with van der Waals surface area (Å²) in [7, 11) is 0. The Labute approximate surface area is 58.3 Å². The molecule has 1 atom stereocenters. The molecule has 9 heavy (non-hydrogen) atoms. The highest BCUT2D eigenvalue weighted by molar-refractivity contribution is 5.00. The van der Waals surface area contributed by atoms with E-state index in [0.29, 0.717) is 5.92 Å². The lowest BCUT2D eigenvalue weighted by Gasteiger charge is -2.09. The maximum absolute atomic E-state index is 3.73. The predicted octanol–water partition coefficient (Wildman–Crippen LogP) is 3.16. The maximum Gasteiger partial charge on any atom is -0.00561 e. The van der Waals surface area contributed by atoms with Gasteiger partial charge in [0, 0.05) is 0 Å². The molecule has 1 aliphatic carbocycles. The van der Waals surface area contributed by atoms with Crippen molar-refractivity contribution < 1.29 is 0 Å². The van der Waals surface area contributed by atoms with Crippen LogP contribution in [0.1, 0.15) is 26.7 Å². The highest BCUT2D eigenvalue weighted by Crippen LogP contribution is 2.16. The van der Waals surface area contributed by atoms with E-state index < -0.39 is 0 Å². The Morgan fingerprint density at radius 3 is 2.67 bits per heavy atom. The first-order valence-electron chi connectivity index (χ1n) is 3.22. The molecule has 0 aromatic heterocycles. The van der Waals surface area contributed by atoms with Crippen LogP contribution in [0.25, 0.3) is 0 Å². The van der Waals surface area contributed by atoms with Gasteiger partial charge in [0.1, 0.15) is 0 Å². The molecule has 0 amide bonds. The third-order valence-electron chi connectivity index (χ3n) is 1.59. The van der Waals surface area contributed by atoms with Gasteiger partial charge in [0.05, 0.1) is 0 Å². The van der Waals surface area contributed by atoms with Crippen LogP contribution in [-0.2, 0) is 0 Å². The number of rotatable bonds is 1. The van der Waals surface area contributed by atoms with Crippen LogP contribution in [0.3, 0.4) is 0 Å². The molecule has 1 aliphatic rings. The highest BCUT2D eigenvalue weighted by atomic mass is 14.1. The van der Waals surface area contributed by atoms with Gasteiger partial charge in [-0.2, -0.15) is 0 Å². The predicted molar refractivity (Wildman–Crippen MR) is 43.4 cm³/mol. The Kier molecular flexibility index (Phi) is 4.12. The van der Waals surface area contributed by atoms with Gasteiger partial charge in [-0.3, -0.25) is 0 Å². The number of hydrogen-bond donors (Lipinski definition) is 0. The van der Waals surface area contributed by atoms with Gasteiger partial charge < -0.3 is 0 Å². The third kappa shape index (κ3) is 2.50. The van der Waals surface area contributed by atoms with E-state index in [1.54, 1.807) is 0 Å². The van der Waals surface area contributed by atoms with E-state index in [-0.39, 0.29) is 7.43 Å². The fourth-order valence-corrected chi connectivity index (χ4v) is 1.04. The smallest absolute Gasteiger partial charge is 0.00561 e. The molecule has 0 spiro atoms. The van der Waals surface area contributed by atoms with Crippen LogP contribution in [0.15, 0.2) is 24.8 Å². The van der Waals surface area contributed by atoms with E-state index in [9.17, 15) is 0 Å². The summed E-state index contributed by atoms with van der Waals surface area (Å²) in [5, 5.41) is 0. The molecule has 0 N–H and O–H groups in total. The van der Waals surface area contributed by atoms with Crippen LogP contribution < -0.4 is 0 Å². The lowest BCUT2D eigenvalue weighted by atomic mass is 9.96. The van der Waals surface area contributed by atoms with E-state index in [0.717, 1.165) is 0 Å². The second-order valence-electron chi connectivity index (χ2n) is 2.26. The molecule has 1 unspecified atom stereocenters. The van der Waals surface area contributed by atoms with Crippen molar-refractivity contribution in [3.05, 3.63) is 24.8 Å². The standard InChI is InChI=1S/C8H12.CH4/c1-2-8-6-4-3-5-7-8;/h2,4,6,8H,1,3,5,7H2;1H4. The van der Waals surface area contributed by atoms with Gasteiger partial charge >= 0.3 is 0 Å². The molecule has 0 fully saturated rings. The van der Waals surface area contributed by atoms with Crippen molar-refractivity contribution in [2.45, 2.75) is 26.7 Å². The molecule has 1 rings (SSSR count). The van der Waals surface area contributed by atoms with Crippen LogP contribution in [0.2, 0.25) is 0 Å². The van der Waals surface area contributed by atoms with Gasteiger partial charge in [0.2, 0.25) is 0 Å². The number of allylic oxidation sites excluding steroid dienone is 3. The minimum atomic E-state index is 0. The molecule has 0 saturated carbocycles. The van der Waals surface area contributed by atoms with Crippen molar-refractivity contribution in [2.24, 2.45) is 5.92 Å². The Hall–Kier alpha value is -0.520. The van der Waals surface area contributed by atoms with E-state index in [2.05, 4.69) is 18.7 Å². The molecule has 0 aromatic carbocycles. The summed E-state index contributed by atoms with van der Waals surface area (Å²) < 4.78 is 0. The van der Waals surface area contributed by atoms with E-state index >= 15 is 0 Å². The molecule has 0 heteroatoms. The Bertz CT molecular complexity index is 101. The second-order valence-corrected chi connectivity index (χ2v) is 2.26. The first-order chi connectivity index (χ1) is 3.93. The van der Waals surface area contributed by atoms with Crippen molar-refractivity contribution in [3.63, 3.8) is 0 Å². The molecule has 0 aliphatic heterocycles. The van der Waals surface area contributed by atoms with Crippen LogP contribution in [0, 0.1) is 5.92 Å². The Morgan fingerprint density at radius 1 is 1.56 bits per heavy atom. The van der Waals surface area contributed by atoms with Crippen molar-refractivity contribution in [2.75, 3.05) is 0 Å². The molecule has 0 aromatic rings. The summed E-state index contributed by atoms with van der Waals surface area (Å²) in [6, 6.07) is 0. The molecular weight excluding hydrogens is 108 g/mol. The number of hydrogen-bond acceptors (Lipinski definition) is 0. The summed E-state index contributed by atoms with van der Waals surface area (Å²) >= 11 is 0. The third-order valence-corrected chi connectivity index (χ3v) is 1.59. The summed E-state index contributed by atoms with van der Waals surface area (Å²) in [5.74, 6) is 0.670. The lowest BCUT2D eigenvalue weighted by molar-refractivity contribution is 0.632. The van der Waals surface area contributed by atoms with E-state index in [4.69, 9.17) is 0 Å². The summed E-state index contributed by atoms with van der Waals surface area (Å²) in [6.07, 6.45) is 10.4. The summed E-state index contributed by atoms with van der Waals surface area (Å²) in [5.41, 5.74) is 0. The van der Waals surface area contributed by atoms with Crippen LogP contribution in [-0.4, -0.2) is 0 Å². The molecule has 0 bridgehead atoms. The fourth-order valence-electron chi connectivity index (χ4n) is 1.04. The first-order valence-corrected chi connectivity index (χ1v) is 3.22. The van der Waals surface area contributed by atoms with Crippen molar-refractivity contribution >= 4 is 0 Å². The van der Waals surface area contributed by atoms with Gasteiger partial charge in [-0.05, 0) is 25.2 Å². The zero-order chi connectivity index (χ0) is 5.82. The molecule has 0 heterocycles. The molecule has 0 radical (unpaired) electrons. The van der Waals surface area contributed by atoms with Gasteiger partial charge in [-0.1, -0.05) is 25.7 Å². The van der Waals surface area contributed by atoms with Crippen molar-refractivity contribution in [1.82, 2.24) is 0 Å². The average Bonchev–Trinajstić information content (AvgIpc) is 1.90. The summed E-state index contributed by atoms with van der Waals surface area (Å²) in [6.45, 7) is 3.73. The minimum Gasteiger partial charge on any atom is -0.102 e.